The highest BCUT2D eigenvalue weighted by atomic mass is 16.6. The molecule has 2 rings (SSSR count). The molecule has 13 heteroatoms. The minimum absolute atomic E-state index is 0.00505. The van der Waals surface area contributed by atoms with Crippen LogP contribution in [0.15, 0.2) is 0 Å². The van der Waals surface area contributed by atoms with Gasteiger partial charge in [-0.1, -0.05) is 6.92 Å². The predicted molar refractivity (Wildman–Crippen MR) is 119 cm³/mol. The van der Waals surface area contributed by atoms with E-state index in [4.69, 9.17) is 10.5 Å². The molecule has 2 fully saturated rings. The Balaban J connectivity index is 0.000000620. The fourth-order valence-corrected chi connectivity index (χ4v) is 3.24. The van der Waals surface area contributed by atoms with Gasteiger partial charge in [0.2, 0.25) is 23.6 Å². The molecule has 0 radical (unpaired) electrons. The van der Waals surface area contributed by atoms with E-state index in [0.717, 1.165) is 4.90 Å². The van der Waals surface area contributed by atoms with Crippen LogP contribution in [0.4, 0.5) is 4.79 Å². The molecular formula is C21H35N5O8. The van der Waals surface area contributed by atoms with E-state index >= 15 is 0 Å². The summed E-state index contributed by atoms with van der Waals surface area (Å²) < 4.78 is 9.45. The first kappa shape index (κ1) is 29.0. The first-order chi connectivity index (χ1) is 15.6. The third-order valence-electron chi connectivity index (χ3n) is 5.15. The molecule has 0 aromatic rings. The Bertz CT molecular complexity index is 775. The fraction of sp³-hybridized carbons (Fsp3) is 0.714. The summed E-state index contributed by atoms with van der Waals surface area (Å²) in [7, 11) is 0. The number of esters is 1. The van der Waals surface area contributed by atoms with Gasteiger partial charge in [-0.05, 0) is 34.6 Å². The minimum Gasteiger partial charge on any atom is -0.444 e. The predicted octanol–water partition coefficient (Wildman–Crippen LogP) is -0.816. The number of carbonyl (C=O) groups excluding carboxylic acids is 6. The average molecular weight is 486 g/mol. The van der Waals surface area contributed by atoms with Gasteiger partial charge in [-0.2, -0.15) is 0 Å². The molecule has 5 amide bonds. The van der Waals surface area contributed by atoms with Gasteiger partial charge in [-0.3, -0.25) is 39.1 Å². The zero-order chi connectivity index (χ0) is 26.2. The summed E-state index contributed by atoms with van der Waals surface area (Å²) in [5, 5.41) is 2.24. The van der Waals surface area contributed by atoms with Crippen molar-refractivity contribution in [2.75, 3.05) is 32.9 Å². The molecule has 0 aliphatic carbocycles. The quantitative estimate of drug-likeness (QED) is 0.358. The first-order valence-electron chi connectivity index (χ1n) is 10.9. The fourth-order valence-electron chi connectivity index (χ4n) is 3.24. The van der Waals surface area contributed by atoms with Crippen molar-refractivity contribution in [1.82, 2.24) is 20.0 Å². The third-order valence-corrected chi connectivity index (χ3v) is 5.15. The molecule has 34 heavy (non-hydrogen) atoms. The van der Waals surface area contributed by atoms with Crippen LogP contribution in [0.25, 0.3) is 0 Å². The highest BCUT2D eigenvalue weighted by molar-refractivity contribution is 6.00. The van der Waals surface area contributed by atoms with Crippen molar-refractivity contribution in [3.05, 3.63) is 0 Å². The monoisotopic (exact) mass is 485 g/mol. The average Bonchev–Trinajstić information content (AvgIpc) is 2.69. The summed E-state index contributed by atoms with van der Waals surface area (Å²) in [5.41, 5.74) is 4.26. The van der Waals surface area contributed by atoms with E-state index < -0.39 is 29.5 Å². The maximum atomic E-state index is 12.3. The van der Waals surface area contributed by atoms with Gasteiger partial charge in [0.15, 0.2) is 6.73 Å². The van der Waals surface area contributed by atoms with Crippen molar-refractivity contribution in [3.63, 3.8) is 0 Å². The van der Waals surface area contributed by atoms with Crippen LogP contribution >= 0.6 is 0 Å². The number of piperazine rings is 2. The number of nitrogens with one attached hydrogen (secondary N) is 1. The van der Waals surface area contributed by atoms with Crippen molar-refractivity contribution in [2.45, 2.75) is 65.6 Å². The molecule has 0 bridgehead atoms. The molecule has 0 spiro atoms. The number of hydrogen-bond donors (Lipinski definition) is 2. The van der Waals surface area contributed by atoms with Gasteiger partial charge < -0.3 is 15.2 Å². The Labute approximate surface area is 198 Å². The van der Waals surface area contributed by atoms with E-state index in [0.29, 0.717) is 0 Å². The van der Waals surface area contributed by atoms with E-state index in [2.05, 4.69) is 10.1 Å². The second kappa shape index (κ2) is 12.4. The Kier molecular flexibility index (Phi) is 10.6. The van der Waals surface area contributed by atoms with Crippen LogP contribution in [-0.4, -0.2) is 101 Å². The molecule has 13 nitrogen and oxygen atoms in total. The summed E-state index contributed by atoms with van der Waals surface area (Å²) in [6, 6.07) is -0.447. The molecule has 2 aliphatic heterocycles. The SMILES string of the molecule is CC(C)(C)OC(N)=O.CCC(=O)OCN1C(=O)CN(C(C)C(C)N2CC(=O)NC(=O)C2)CC1=O. The number of hydrogen-bond acceptors (Lipinski definition) is 10. The van der Waals surface area contributed by atoms with Crippen molar-refractivity contribution in [1.29, 1.82) is 0 Å². The normalized spacial score (nSPS) is 19.5. The first-order valence-corrected chi connectivity index (χ1v) is 10.9. The van der Waals surface area contributed by atoms with Crippen LogP contribution in [0.5, 0.6) is 0 Å². The lowest BCUT2D eigenvalue weighted by Gasteiger charge is -2.41. The number of imide groups is 2. The molecule has 2 saturated heterocycles. The van der Waals surface area contributed by atoms with Crippen molar-refractivity contribution < 1.29 is 38.2 Å². The Hall–Kier alpha value is -3.06. The number of ether oxygens (including phenoxy) is 2. The molecule has 3 N–H and O–H groups in total. The lowest BCUT2D eigenvalue weighted by Crippen LogP contribution is -2.62. The zero-order valence-electron chi connectivity index (χ0n) is 20.6. The van der Waals surface area contributed by atoms with Crippen LogP contribution in [-0.2, 0) is 33.4 Å². The number of nitrogens with zero attached hydrogens (tertiary/aromatic N) is 3. The van der Waals surface area contributed by atoms with E-state index in [-0.39, 0.29) is 63.2 Å². The highest BCUT2D eigenvalue weighted by Crippen LogP contribution is 2.16. The number of carbonyl (C=O) groups is 6. The maximum absolute atomic E-state index is 12.3. The number of nitrogens with two attached hydrogens (primary N) is 1. The van der Waals surface area contributed by atoms with Gasteiger partial charge in [0.05, 0.1) is 26.2 Å². The number of rotatable bonds is 6. The van der Waals surface area contributed by atoms with Gasteiger partial charge in [-0.15, -0.1) is 0 Å². The van der Waals surface area contributed by atoms with Gasteiger partial charge in [0, 0.05) is 18.5 Å². The van der Waals surface area contributed by atoms with Crippen molar-refractivity contribution >= 4 is 35.7 Å². The number of primary amides is 1. The van der Waals surface area contributed by atoms with Crippen molar-refractivity contribution in [3.8, 4) is 0 Å². The molecule has 0 aromatic carbocycles. The minimum atomic E-state index is -0.725. The second-order valence-corrected chi connectivity index (χ2v) is 9.01. The lowest BCUT2D eigenvalue weighted by molar-refractivity contribution is -0.165. The van der Waals surface area contributed by atoms with E-state index in [9.17, 15) is 28.8 Å². The maximum Gasteiger partial charge on any atom is 0.405 e. The Morgan fingerprint density at radius 3 is 1.74 bits per heavy atom. The molecule has 2 aliphatic rings. The van der Waals surface area contributed by atoms with E-state index in [1.54, 1.807) is 37.5 Å². The molecule has 2 unspecified atom stereocenters. The molecular weight excluding hydrogens is 450 g/mol. The smallest absolute Gasteiger partial charge is 0.405 e. The standard InChI is InChI=1S/C16H24N4O6.C5H11NO2/c1-4-16(25)26-9-20-14(23)7-19(8-15(20)24)11(3)10(2)18-5-12(21)17-13(22)6-18;1-5(2,3)8-4(6)7/h10-11H,4-9H2,1-3H3,(H,17,21,22);1-3H3,(H2,6,7). The second-order valence-electron chi connectivity index (χ2n) is 9.01. The van der Waals surface area contributed by atoms with E-state index in [1.165, 1.54) is 0 Å². The Morgan fingerprint density at radius 1 is 0.941 bits per heavy atom. The van der Waals surface area contributed by atoms with Gasteiger partial charge in [-0.25, -0.2) is 9.69 Å². The van der Waals surface area contributed by atoms with E-state index in [1.807, 2.05) is 13.8 Å². The van der Waals surface area contributed by atoms with Gasteiger partial charge in [0.1, 0.15) is 5.60 Å². The van der Waals surface area contributed by atoms with Crippen molar-refractivity contribution in [2.24, 2.45) is 5.73 Å². The Morgan fingerprint density at radius 2 is 1.38 bits per heavy atom. The van der Waals surface area contributed by atoms with Crippen LogP contribution < -0.4 is 11.1 Å². The molecule has 2 atom stereocenters. The van der Waals surface area contributed by atoms with Crippen LogP contribution in [0.3, 0.4) is 0 Å². The van der Waals surface area contributed by atoms with Crippen LogP contribution in [0.2, 0.25) is 0 Å². The molecule has 192 valence electrons. The summed E-state index contributed by atoms with van der Waals surface area (Å²) in [5.74, 6) is -2.11. The lowest BCUT2D eigenvalue weighted by atomic mass is 10.1. The van der Waals surface area contributed by atoms with Crippen LogP contribution in [0, 0.1) is 0 Å². The summed E-state index contributed by atoms with van der Waals surface area (Å²) in [6.07, 6.45) is -0.559. The molecule has 0 aromatic heterocycles. The topological polar surface area (TPSA) is 169 Å². The highest BCUT2D eigenvalue weighted by Gasteiger charge is 2.37. The van der Waals surface area contributed by atoms with Gasteiger partial charge in [0.25, 0.3) is 0 Å². The summed E-state index contributed by atoms with van der Waals surface area (Å²) in [4.78, 5) is 73.2. The van der Waals surface area contributed by atoms with Crippen LogP contribution in [0.1, 0.15) is 48.0 Å². The molecule has 2 heterocycles. The zero-order valence-corrected chi connectivity index (χ0v) is 20.6. The summed E-state index contributed by atoms with van der Waals surface area (Å²) >= 11 is 0. The third kappa shape index (κ3) is 9.43. The largest absolute Gasteiger partial charge is 0.444 e. The molecule has 0 saturated carbocycles. The summed E-state index contributed by atoms with van der Waals surface area (Å²) in [6.45, 7) is 10.4. The van der Waals surface area contributed by atoms with Gasteiger partial charge >= 0.3 is 12.1 Å². The number of amides is 5.